The van der Waals surface area contributed by atoms with Crippen LogP contribution in [0.2, 0.25) is 0 Å². The number of hydrogen-bond acceptors (Lipinski definition) is 6. The fraction of sp³-hybridized carbons (Fsp3) is 0.353. The second-order valence-electron chi connectivity index (χ2n) is 6.32. The van der Waals surface area contributed by atoms with Crippen LogP contribution in [0.4, 0.5) is 19.1 Å². The van der Waals surface area contributed by atoms with E-state index in [9.17, 15) is 23.1 Å². The first-order valence-electron chi connectivity index (χ1n) is 8.26. The number of halogens is 3. The number of nitrogens with one attached hydrogen (secondary N) is 1. The number of rotatable bonds is 5. The maximum atomic E-state index is 12.4. The lowest BCUT2D eigenvalue weighted by molar-refractivity contribution is -0.274. The van der Waals surface area contributed by atoms with Crippen molar-refractivity contribution in [1.82, 2.24) is 19.7 Å². The zero-order valence-electron chi connectivity index (χ0n) is 15.3. The van der Waals surface area contributed by atoms with Crippen molar-refractivity contribution in [3.05, 3.63) is 45.9 Å². The molecule has 0 aliphatic carbocycles. The van der Waals surface area contributed by atoms with Gasteiger partial charge in [-0.25, -0.2) is 4.68 Å². The van der Waals surface area contributed by atoms with Gasteiger partial charge in [0.25, 0.3) is 5.56 Å². The molecule has 0 aliphatic rings. The Morgan fingerprint density at radius 2 is 1.93 bits per heavy atom. The topological polar surface area (TPSA) is 96.3 Å². The number of aromatic amines is 1. The number of aliphatic hydroxyl groups is 1. The monoisotopic (exact) mass is 397 g/mol. The van der Waals surface area contributed by atoms with Crippen molar-refractivity contribution in [2.24, 2.45) is 0 Å². The van der Waals surface area contributed by atoms with Gasteiger partial charge in [0, 0.05) is 14.1 Å². The standard InChI is InChI=1S/C17H18F3N5O3/c1-9(10-4-6-11(7-5-10)28-17(18,19)20)25-14-13(12(8-26)23-25)15(27)22-16(21-14)24(2)3/h4-7,9,26H,8H2,1-3H3,(H,21,22,27)/t9-/m1/s1. The van der Waals surface area contributed by atoms with Crippen molar-refractivity contribution in [1.29, 1.82) is 0 Å². The number of aromatic nitrogens is 4. The first-order valence-corrected chi connectivity index (χ1v) is 8.26. The molecule has 2 aromatic heterocycles. The maximum Gasteiger partial charge on any atom is 0.573 e. The number of benzene rings is 1. The molecular weight excluding hydrogens is 379 g/mol. The Morgan fingerprint density at radius 1 is 1.29 bits per heavy atom. The van der Waals surface area contributed by atoms with Crippen LogP contribution in [-0.4, -0.2) is 45.3 Å². The molecule has 2 N–H and O–H groups in total. The van der Waals surface area contributed by atoms with Gasteiger partial charge in [-0.1, -0.05) is 12.1 Å². The molecule has 0 unspecified atom stereocenters. The second-order valence-corrected chi connectivity index (χ2v) is 6.32. The van der Waals surface area contributed by atoms with Crippen LogP contribution in [0.15, 0.2) is 29.1 Å². The summed E-state index contributed by atoms with van der Waals surface area (Å²) in [4.78, 5) is 21.1. The third-order valence-electron chi connectivity index (χ3n) is 4.16. The van der Waals surface area contributed by atoms with Gasteiger partial charge in [0.05, 0.1) is 12.6 Å². The third kappa shape index (κ3) is 3.79. The summed E-state index contributed by atoms with van der Waals surface area (Å²) < 4.78 is 42.3. The van der Waals surface area contributed by atoms with E-state index in [0.717, 1.165) is 0 Å². The summed E-state index contributed by atoms with van der Waals surface area (Å²) in [6.45, 7) is 1.30. The molecule has 0 saturated carbocycles. The van der Waals surface area contributed by atoms with E-state index in [-0.39, 0.29) is 22.5 Å². The van der Waals surface area contributed by atoms with Crippen molar-refractivity contribution in [2.45, 2.75) is 25.9 Å². The summed E-state index contributed by atoms with van der Waals surface area (Å²) in [6.07, 6.45) is -4.77. The summed E-state index contributed by atoms with van der Waals surface area (Å²) in [6, 6.07) is 4.87. The van der Waals surface area contributed by atoms with Gasteiger partial charge in [0.1, 0.15) is 16.8 Å². The lowest BCUT2D eigenvalue weighted by Gasteiger charge is -2.16. The Labute approximate surface area is 157 Å². The minimum Gasteiger partial charge on any atom is -0.406 e. The zero-order valence-corrected chi connectivity index (χ0v) is 15.3. The molecule has 0 fully saturated rings. The minimum atomic E-state index is -4.77. The quantitative estimate of drug-likeness (QED) is 0.685. The molecule has 0 bridgehead atoms. The minimum absolute atomic E-state index is 0.164. The molecule has 0 saturated heterocycles. The molecule has 11 heteroatoms. The van der Waals surface area contributed by atoms with Crippen molar-refractivity contribution >= 4 is 17.0 Å². The molecule has 1 atom stereocenters. The summed E-state index contributed by atoms with van der Waals surface area (Å²) >= 11 is 0. The smallest absolute Gasteiger partial charge is 0.406 e. The van der Waals surface area contributed by atoms with Crippen LogP contribution < -0.4 is 15.2 Å². The van der Waals surface area contributed by atoms with E-state index in [2.05, 4.69) is 19.8 Å². The summed E-state index contributed by atoms with van der Waals surface area (Å²) in [5, 5.41) is 14.0. The van der Waals surface area contributed by atoms with E-state index in [0.29, 0.717) is 11.5 Å². The number of alkyl halides is 3. The molecule has 0 aliphatic heterocycles. The lowest BCUT2D eigenvalue weighted by atomic mass is 10.1. The van der Waals surface area contributed by atoms with Crippen molar-refractivity contribution in [3.63, 3.8) is 0 Å². The Bertz CT molecular complexity index is 1040. The Kier molecular flexibility index (Phi) is 5.02. The van der Waals surface area contributed by atoms with E-state index < -0.39 is 24.6 Å². The maximum absolute atomic E-state index is 12.4. The van der Waals surface area contributed by atoms with E-state index in [4.69, 9.17) is 0 Å². The first kappa shape index (κ1) is 19.7. The zero-order chi connectivity index (χ0) is 20.6. The van der Waals surface area contributed by atoms with Gasteiger partial charge < -0.3 is 14.7 Å². The van der Waals surface area contributed by atoms with Crippen LogP contribution in [0.3, 0.4) is 0 Å². The predicted molar refractivity (Wildman–Crippen MR) is 95.3 cm³/mol. The van der Waals surface area contributed by atoms with Crippen molar-refractivity contribution < 1.29 is 23.0 Å². The van der Waals surface area contributed by atoms with Crippen molar-refractivity contribution in [3.8, 4) is 5.75 Å². The molecule has 3 aromatic rings. The van der Waals surface area contributed by atoms with E-state index in [1.54, 1.807) is 25.9 Å². The fourth-order valence-corrected chi connectivity index (χ4v) is 2.78. The van der Waals surface area contributed by atoms with Gasteiger partial charge in [0.15, 0.2) is 5.65 Å². The van der Waals surface area contributed by atoms with E-state index in [1.807, 2.05) is 0 Å². The Balaban J connectivity index is 2.06. The highest BCUT2D eigenvalue weighted by molar-refractivity contribution is 5.78. The average Bonchev–Trinajstić information content (AvgIpc) is 2.99. The van der Waals surface area contributed by atoms with Crippen LogP contribution in [0.25, 0.3) is 11.0 Å². The van der Waals surface area contributed by atoms with Gasteiger partial charge in [-0.2, -0.15) is 10.1 Å². The molecule has 150 valence electrons. The third-order valence-corrected chi connectivity index (χ3v) is 4.16. The molecule has 3 rings (SSSR count). The second kappa shape index (κ2) is 7.15. The lowest BCUT2D eigenvalue weighted by Crippen LogP contribution is -2.20. The number of fused-ring (bicyclic) bond motifs is 1. The molecule has 1 aromatic carbocycles. The SMILES string of the molecule is C[C@H](c1ccc(OC(F)(F)F)cc1)n1nc(CO)c2c(=O)[nH]c(N(C)C)nc21. The molecule has 0 spiro atoms. The van der Waals surface area contributed by atoms with Crippen LogP contribution in [-0.2, 0) is 6.61 Å². The largest absolute Gasteiger partial charge is 0.573 e. The highest BCUT2D eigenvalue weighted by Crippen LogP contribution is 2.27. The van der Waals surface area contributed by atoms with Crippen LogP contribution in [0, 0.1) is 0 Å². The molecule has 28 heavy (non-hydrogen) atoms. The van der Waals surface area contributed by atoms with Gasteiger partial charge in [0.2, 0.25) is 5.95 Å². The Morgan fingerprint density at radius 3 is 2.46 bits per heavy atom. The molecular formula is C17H18F3N5O3. The predicted octanol–water partition coefficient (Wildman–Crippen LogP) is 2.19. The van der Waals surface area contributed by atoms with E-state index in [1.165, 1.54) is 28.9 Å². The number of ether oxygens (including phenoxy) is 1. The normalized spacial score (nSPS) is 13.0. The number of aliphatic hydroxyl groups excluding tert-OH is 1. The van der Waals surface area contributed by atoms with Gasteiger partial charge in [-0.15, -0.1) is 13.2 Å². The van der Waals surface area contributed by atoms with Gasteiger partial charge >= 0.3 is 6.36 Å². The molecule has 0 radical (unpaired) electrons. The van der Waals surface area contributed by atoms with E-state index >= 15 is 0 Å². The van der Waals surface area contributed by atoms with Gasteiger partial charge in [-0.05, 0) is 24.6 Å². The summed E-state index contributed by atoms with van der Waals surface area (Å²) in [5.41, 5.74) is 0.611. The van der Waals surface area contributed by atoms with Crippen LogP contribution in [0.1, 0.15) is 24.2 Å². The number of H-pyrrole nitrogens is 1. The molecule has 8 nitrogen and oxygen atoms in total. The first-order chi connectivity index (χ1) is 13.1. The highest BCUT2D eigenvalue weighted by atomic mass is 19.4. The van der Waals surface area contributed by atoms with Crippen molar-refractivity contribution in [2.75, 3.05) is 19.0 Å². The fourth-order valence-electron chi connectivity index (χ4n) is 2.78. The summed E-state index contributed by atoms with van der Waals surface area (Å²) in [7, 11) is 3.42. The van der Waals surface area contributed by atoms with Crippen LogP contribution >= 0.6 is 0 Å². The summed E-state index contributed by atoms with van der Waals surface area (Å²) in [5.74, 6) is -0.0291. The highest BCUT2D eigenvalue weighted by Gasteiger charge is 2.31. The Hall–Kier alpha value is -3.08. The van der Waals surface area contributed by atoms with Crippen LogP contribution in [0.5, 0.6) is 5.75 Å². The average molecular weight is 397 g/mol. The number of nitrogens with zero attached hydrogens (tertiary/aromatic N) is 4. The number of anilines is 1. The molecule has 0 amide bonds. The molecule has 2 heterocycles. The number of hydrogen-bond donors (Lipinski definition) is 2. The van der Waals surface area contributed by atoms with Gasteiger partial charge in [-0.3, -0.25) is 9.78 Å².